The van der Waals surface area contributed by atoms with Crippen molar-refractivity contribution >= 4 is 17.6 Å². The van der Waals surface area contributed by atoms with Crippen LogP contribution in [0.5, 0.6) is 0 Å². The van der Waals surface area contributed by atoms with Gasteiger partial charge >= 0.3 is 12.1 Å². The van der Waals surface area contributed by atoms with Gasteiger partial charge in [-0.15, -0.1) is 5.10 Å². The summed E-state index contributed by atoms with van der Waals surface area (Å²) in [4.78, 5) is 23.0. The number of alkyl halides is 3. The Morgan fingerprint density at radius 2 is 1.83 bits per heavy atom. The Morgan fingerprint density at radius 1 is 1.17 bits per heavy atom. The monoisotopic (exact) mass is 423 g/mol. The van der Waals surface area contributed by atoms with E-state index in [4.69, 9.17) is 15.3 Å². The zero-order valence-corrected chi connectivity index (χ0v) is 15.3. The lowest BCUT2D eigenvalue weighted by molar-refractivity contribution is -0.139. The summed E-state index contributed by atoms with van der Waals surface area (Å²) in [6.45, 7) is 0. The molecule has 0 bridgehead atoms. The molecule has 0 aliphatic carbocycles. The number of carboxylic acids is 1. The van der Waals surface area contributed by atoms with Crippen LogP contribution in [0.3, 0.4) is 0 Å². The second-order valence-electron chi connectivity index (χ2n) is 6.41. The number of benzene rings is 1. The first-order chi connectivity index (χ1) is 14.1. The summed E-state index contributed by atoms with van der Waals surface area (Å²) >= 11 is 0. The van der Waals surface area contributed by atoms with Gasteiger partial charge in [0, 0.05) is 18.2 Å². The molecule has 0 saturated carbocycles. The molecule has 2 aromatic heterocycles. The first kappa shape index (κ1) is 20.9. The van der Waals surface area contributed by atoms with E-state index >= 15 is 0 Å². The highest BCUT2D eigenvalue weighted by Gasteiger charge is 2.33. The predicted molar refractivity (Wildman–Crippen MR) is 97.1 cm³/mol. The molecular weight excluding hydrogens is 407 g/mol. The number of carboxylic acid groups (broad SMARTS) is 1. The number of hydrogen-bond acceptors (Lipinski definition) is 6. The topological polar surface area (TPSA) is 136 Å². The summed E-state index contributed by atoms with van der Waals surface area (Å²) in [5, 5.41) is 18.8. The number of amides is 1. The lowest BCUT2D eigenvalue weighted by atomic mass is 10.1. The van der Waals surface area contributed by atoms with Crippen molar-refractivity contribution in [3.63, 3.8) is 0 Å². The number of hydrogen-bond donors (Lipinski definition) is 3. The van der Waals surface area contributed by atoms with Crippen molar-refractivity contribution < 1.29 is 32.3 Å². The van der Waals surface area contributed by atoms with E-state index in [1.807, 2.05) is 0 Å². The summed E-state index contributed by atoms with van der Waals surface area (Å²) in [5.41, 5.74) is 6.98. The third-order valence-electron chi connectivity index (χ3n) is 4.01. The summed E-state index contributed by atoms with van der Waals surface area (Å²) < 4.78 is 45.1. The first-order valence-electron chi connectivity index (χ1n) is 8.58. The van der Waals surface area contributed by atoms with E-state index in [0.717, 1.165) is 12.1 Å². The van der Waals surface area contributed by atoms with Crippen molar-refractivity contribution in [1.29, 1.82) is 0 Å². The van der Waals surface area contributed by atoms with Crippen molar-refractivity contribution in [2.24, 2.45) is 0 Å². The first-order valence-corrected chi connectivity index (χ1v) is 8.58. The fourth-order valence-corrected chi connectivity index (χ4v) is 2.68. The molecule has 12 heteroatoms. The number of carbonyl (C=O) groups is 2. The van der Waals surface area contributed by atoms with Crippen LogP contribution >= 0.6 is 0 Å². The molecule has 4 N–H and O–H groups in total. The molecule has 0 aliphatic heterocycles. The highest BCUT2D eigenvalue weighted by molar-refractivity contribution is 5.93. The van der Waals surface area contributed by atoms with Gasteiger partial charge in [0.1, 0.15) is 0 Å². The zero-order chi connectivity index (χ0) is 21.9. The van der Waals surface area contributed by atoms with E-state index in [2.05, 4.69) is 15.6 Å². The van der Waals surface area contributed by atoms with E-state index < -0.39 is 42.0 Å². The molecule has 0 fully saturated rings. The summed E-state index contributed by atoms with van der Waals surface area (Å²) in [5.74, 6) is -3.29. The van der Waals surface area contributed by atoms with Gasteiger partial charge in [-0.05, 0) is 36.4 Å². The van der Waals surface area contributed by atoms with Gasteiger partial charge < -0.3 is 20.6 Å². The number of nitrogens with zero attached hydrogens (tertiary/aromatic N) is 3. The minimum atomic E-state index is -4.56. The standard InChI is InChI=1S/C18H16F3N5O4/c19-18(20,21)8-11(23-16(27)14-5-6-15(30-14)17(28)29)7-12-9-26(25-24-12)13-3-1-10(22)2-4-13/h1-6,9,11H,7-8,22H2,(H,23,27)(H,28,29). The molecule has 3 rings (SSSR count). The van der Waals surface area contributed by atoms with Crippen LogP contribution in [0, 0.1) is 0 Å². The molecule has 0 saturated heterocycles. The van der Waals surface area contributed by atoms with Crippen LogP contribution in [0.1, 0.15) is 33.2 Å². The maximum absolute atomic E-state index is 13.0. The largest absolute Gasteiger partial charge is 0.475 e. The maximum Gasteiger partial charge on any atom is 0.391 e. The van der Waals surface area contributed by atoms with Crippen LogP contribution < -0.4 is 11.1 Å². The van der Waals surface area contributed by atoms with E-state index in [9.17, 15) is 22.8 Å². The van der Waals surface area contributed by atoms with Gasteiger partial charge in [0.05, 0.1) is 24.0 Å². The molecule has 1 amide bonds. The van der Waals surface area contributed by atoms with E-state index in [1.54, 1.807) is 24.3 Å². The number of halogens is 3. The highest BCUT2D eigenvalue weighted by atomic mass is 19.4. The molecule has 1 aromatic carbocycles. The summed E-state index contributed by atoms with van der Waals surface area (Å²) in [7, 11) is 0. The molecule has 1 atom stereocenters. The third-order valence-corrected chi connectivity index (χ3v) is 4.01. The Bertz CT molecular complexity index is 1040. The number of carbonyl (C=O) groups excluding carboxylic acids is 1. The smallest absolute Gasteiger partial charge is 0.391 e. The fraction of sp³-hybridized carbons (Fsp3) is 0.222. The van der Waals surface area contributed by atoms with Crippen LogP contribution in [0.15, 0.2) is 47.0 Å². The van der Waals surface area contributed by atoms with Gasteiger partial charge in [-0.3, -0.25) is 4.79 Å². The number of nitrogen functional groups attached to an aromatic ring is 1. The van der Waals surface area contributed by atoms with Crippen molar-refractivity contribution in [3.05, 3.63) is 59.8 Å². The molecule has 30 heavy (non-hydrogen) atoms. The minimum absolute atomic E-state index is 0.215. The number of rotatable bonds is 7. The van der Waals surface area contributed by atoms with Crippen LogP contribution in [0.25, 0.3) is 5.69 Å². The molecule has 158 valence electrons. The van der Waals surface area contributed by atoms with Crippen LogP contribution in [0.2, 0.25) is 0 Å². The highest BCUT2D eigenvalue weighted by Crippen LogP contribution is 2.23. The summed E-state index contributed by atoms with van der Waals surface area (Å²) in [6.07, 6.45) is -4.69. The van der Waals surface area contributed by atoms with Gasteiger partial charge in [0.2, 0.25) is 5.76 Å². The van der Waals surface area contributed by atoms with E-state index in [0.29, 0.717) is 11.4 Å². The van der Waals surface area contributed by atoms with Gasteiger partial charge in [-0.2, -0.15) is 13.2 Å². The Labute approximate surface area is 167 Å². The van der Waals surface area contributed by atoms with Crippen molar-refractivity contribution in [2.45, 2.75) is 25.1 Å². The third kappa shape index (κ3) is 5.37. The number of anilines is 1. The second-order valence-corrected chi connectivity index (χ2v) is 6.41. The molecule has 9 nitrogen and oxygen atoms in total. The fourth-order valence-electron chi connectivity index (χ4n) is 2.68. The number of aromatic carboxylic acids is 1. The van der Waals surface area contributed by atoms with Crippen LogP contribution in [-0.2, 0) is 6.42 Å². The Hall–Kier alpha value is -3.83. The lowest BCUT2D eigenvalue weighted by Crippen LogP contribution is -2.39. The van der Waals surface area contributed by atoms with Crippen molar-refractivity contribution in [3.8, 4) is 5.69 Å². The molecule has 3 aromatic rings. The van der Waals surface area contributed by atoms with Gasteiger partial charge in [-0.25, -0.2) is 9.48 Å². The van der Waals surface area contributed by atoms with E-state index in [1.165, 1.54) is 10.9 Å². The molecular formula is C18H16F3N5O4. The number of furan rings is 1. The zero-order valence-electron chi connectivity index (χ0n) is 15.3. The number of aromatic nitrogens is 3. The Kier molecular flexibility index (Phi) is 5.76. The van der Waals surface area contributed by atoms with Crippen LogP contribution in [0.4, 0.5) is 18.9 Å². The molecule has 1 unspecified atom stereocenters. The summed E-state index contributed by atoms with van der Waals surface area (Å²) in [6, 6.07) is 7.34. The number of nitrogens with two attached hydrogens (primary N) is 1. The second kappa shape index (κ2) is 8.27. The molecule has 0 aliphatic rings. The lowest BCUT2D eigenvalue weighted by Gasteiger charge is -2.18. The average Bonchev–Trinajstić information content (AvgIpc) is 3.30. The van der Waals surface area contributed by atoms with Gasteiger partial charge in [-0.1, -0.05) is 5.21 Å². The van der Waals surface area contributed by atoms with Crippen molar-refractivity contribution in [1.82, 2.24) is 20.3 Å². The number of nitrogens with one attached hydrogen (secondary N) is 1. The van der Waals surface area contributed by atoms with Gasteiger partial charge in [0.15, 0.2) is 5.76 Å². The Morgan fingerprint density at radius 3 is 2.43 bits per heavy atom. The maximum atomic E-state index is 13.0. The molecule has 0 radical (unpaired) electrons. The molecule has 2 heterocycles. The normalized spacial score (nSPS) is 12.5. The Balaban J connectivity index is 1.74. The minimum Gasteiger partial charge on any atom is -0.475 e. The predicted octanol–water partition coefficient (Wildman–Crippen LogP) is 2.43. The SMILES string of the molecule is Nc1ccc(-n2cc(CC(CC(F)(F)F)NC(=O)c3ccc(C(=O)O)o3)nn2)cc1. The van der Waals surface area contributed by atoms with Crippen molar-refractivity contribution in [2.75, 3.05) is 5.73 Å². The van der Waals surface area contributed by atoms with E-state index in [-0.39, 0.29) is 12.1 Å². The van der Waals surface area contributed by atoms with Crippen LogP contribution in [-0.4, -0.2) is 44.2 Å². The average molecular weight is 423 g/mol. The van der Waals surface area contributed by atoms with Gasteiger partial charge in [0.25, 0.3) is 5.91 Å². The quantitative estimate of drug-likeness (QED) is 0.497. The molecule has 0 spiro atoms.